The molecule has 154 valence electrons. The Hall–Kier alpha value is -3.35. The minimum absolute atomic E-state index is 0.610. The fraction of sp³-hybridized carbons (Fsp3) is 0.167. The van der Waals surface area contributed by atoms with Crippen LogP contribution in [0.5, 0.6) is 11.6 Å². The molecule has 0 unspecified atom stereocenters. The number of fused-ring (bicyclic) bond motifs is 1. The zero-order valence-corrected chi connectivity index (χ0v) is 17.5. The van der Waals surface area contributed by atoms with Gasteiger partial charge in [-0.2, -0.15) is 0 Å². The molecule has 0 saturated carbocycles. The third-order valence-corrected chi connectivity index (χ3v) is 5.46. The van der Waals surface area contributed by atoms with E-state index in [2.05, 4.69) is 25.9 Å². The predicted octanol–water partition coefficient (Wildman–Crippen LogP) is 4.94. The summed E-state index contributed by atoms with van der Waals surface area (Å²) in [4.78, 5) is 20.3. The van der Waals surface area contributed by atoms with Gasteiger partial charge < -0.3 is 4.74 Å². The summed E-state index contributed by atoms with van der Waals surface area (Å²) in [6, 6.07) is 15.2. The van der Waals surface area contributed by atoms with Crippen LogP contribution in [-0.2, 0) is 19.5 Å². The standard InChI is InChI=1S/C24H20ClN5O/c25-20-5-7-21(8-6-20)31-24-18(4-2-11-27-24)15-30-12-9-22-19(16-30)14-28-23(29-22)17-3-1-10-26-13-17/h1-8,10-11,13-14H,9,12,15-16H2. The van der Waals surface area contributed by atoms with Gasteiger partial charge in [-0.05, 0) is 42.5 Å². The quantitative estimate of drug-likeness (QED) is 0.448. The molecule has 1 aliphatic heterocycles. The molecule has 31 heavy (non-hydrogen) atoms. The van der Waals surface area contributed by atoms with Crippen molar-refractivity contribution >= 4 is 11.6 Å². The van der Waals surface area contributed by atoms with Crippen LogP contribution in [0.1, 0.15) is 16.8 Å². The molecular weight excluding hydrogens is 410 g/mol. The Morgan fingerprint density at radius 2 is 1.84 bits per heavy atom. The third kappa shape index (κ3) is 4.55. The molecule has 4 heterocycles. The summed E-state index contributed by atoms with van der Waals surface area (Å²) < 4.78 is 6.01. The Labute approximate surface area is 185 Å². The van der Waals surface area contributed by atoms with Gasteiger partial charge in [-0.15, -0.1) is 0 Å². The number of aromatic nitrogens is 4. The monoisotopic (exact) mass is 429 g/mol. The number of ether oxygens (including phenoxy) is 1. The van der Waals surface area contributed by atoms with E-state index in [9.17, 15) is 0 Å². The summed E-state index contributed by atoms with van der Waals surface area (Å²) in [5.74, 6) is 2.05. The number of halogens is 1. The van der Waals surface area contributed by atoms with Gasteiger partial charge in [0.05, 0.1) is 5.69 Å². The molecule has 5 rings (SSSR count). The molecule has 3 aromatic heterocycles. The Balaban J connectivity index is 1.31. The molecule has 6 nitrogen and oxygen atoms in total. The summed E-state index contributed by atoms with van der Waals surface area (Å²) in [7, 11) is 0. The van der Waals surface area contributed by atoms with Crippen molar-refractivity contribution < 1.29 is 4.74 Å². The largest absolute Gasteiger partial charge is 0.439 e. The molecule has 0 bridgehead atoms. The fourth-order valence-electron chi connectivity index (χ4n) is 3.64. The second-order valence-electron chi connectivity index (χ2n) is 7.39. The molecular formula is C24H20ClN5O. The maximum atomic E-state index is 6.01. The van der Waals surface area contributed by atoms with Crippen LogP contribution in [0, 0.1) is 0 Å². The van der Waals surface area contributed by atoms with Gasteiger partial charge in [0.2, 0.25) is 5.88 Å². The highest BCUT2D eigenvalue weighted by molar-refractivity contribution is 6.30. The molecule has 1 aromatic carbocycles. The van der Waals surface area contributed by atoms with Crippen LogP contribution in [0.15, 0.2) is 73.3 Å². The fourth-order valence-corrected chi connectivity index (χ4v) is 3.76. The van der Waals surface area contributed by atoms with Crippen LogP contribution < -0.4 is 4.74 Å². The molecule has 0 saturated heterocycles. The lowest BCUT2D eigenvalue weighted by Crippen LogP contribution is -2.31. The van der Waals surface area contributed by atoms with Gasteiger partial charge in [-0.3, -0.25) is 9.88 Å². The molecule has 0 N–H and O–H groups in total. The van der Waals surface area contributed by atoms with Gasteiger partial charge in [0.25, 0.3) is 0 Å². The zero-order valence-electron chi connectivity index (χ0n) is 16.8. The van der Waals surface area contributed by atoms with E-state index < -0.39 is 0 Å². The van der Waals surface area contributed by atoms with Crippen molar-refractivity contribution in [2.24, 2.45) is 0 Å². The first-order valence-electron chi connectivity index (χ1n) is 10.1. The predicted molar refractivity (Wildman–Crippen MR) is 119 cm³/mol. The molecule has 0 fully saturated rings. The molecule has 0 amide bonds. The molecule has 4 aromatic rings. The minimum atomic E-state index is 0.610. The smallest absolute Gasteiger partial charge is 0.223 e. The molecule has 7 heteroatoms. The second kappa shape index (κ2) is 8.79. The lowest BCUT2D eigenvalue weighted by atomic mass is 10.1. The Kier molecular flexibility index (Phi) is 5.56. The first kappa shape index (κ1) is 19.6. The highest BCUT2D eigenvalue weighted by atomic mass is 35.5. The average Bonchev–Trinajstić information content (AvgIpc) is 2.82. The molecule has 0 atom stereocenters. The summed E-state index contributed by atoms with van der Waals surface area (Å²) >= 11 is 5.97. The van der Waals surface area contributed by atoms with Crippen LogP contribution in [0.2, 0.25) is 5.02 Å². The first-order valence-corrected chi connectivity index (χ1v) is 10.5. The Morgan fingerprint density at radius 3 is 2.68 bits per heavy atom. The van der Waals surface area contributed by atoms with Gasteiger partial charge in [-0.25, -0.2) is 15.0 Å². The van der Waals surface area contributed by atoms with E-state index in [1.54, 1.807) is 30.7 Å². The topological polar surface area (TPSA) is 64.0 Å². The van der Waals surface area contributed by atoms with E-state index in [1.165, 1.54) is 0 Å². The van der Waals surface area contributed by atoms with Gasteiger partial charge in [0.1, 0.15) is 5.75 Å². The normalized spacial score (nSPS) is 13.6. The molecule has 1 aliphatic rings. The lowest BCUT2D eigenvalue weighted by Gasteiger charge is -2.28. The number of hydrogen-bond donors (Lipinski definition) is 0. The zero-order chi connectivity index (χ0) is 21.0. The minimum Gasteiger partial charge on any atom is -0.439 e. The number of rotatable bonds is 5. The molecule has 0 spiro atoms. The van der Waals surface area contributed by atoms with Crippen LogP contribution in [0.4, 0.5) is 0 Å². The maximum absolute atomic E-state index is 6.01. The van der Waals surface area contributed by atoms with E-state index in [0.29, 0.717) is 16.7 Å². The number of pyridine rings is 2. The van der Waals surface area contributed by atoms with Gasteiger partial charge in [0, 0.05) is 72.6 Å². The highest BCUT2D eigenvalue weighted by Crippen LogP contribution is 2.27. The van der Waals surface area contributed by atoms with Crippen LogP contribution >= 0.6 is 11.6 Å². The summed E-state index contributed by atoms with van der Waals surface area (Å²) in [6.07, 6.45) is 8.10. The van der Waals surface area contributed by atoms with Gasteiger partial charge in [-0.1, -0.05) is 17.7 Å². The van der Waals surface area contributed by atoms with Crippen molar-refractivity contribution in [2.45, 2.75) is 19.5 Å². The van der Waals surface area contributed by atoms with E-state index in [0.717, 1.165) is 54.3 Å². The van der Waals surface area contributed by atoms with Crippen molar-refractivity contribution in [1.82, 2.24) is 24.8 Å². The van der Waals surface area contributed by atoms with E-state index in [4.69, 9.17) is 21.3 Å². The summed E-state index contributed by atoms with van der Waals surface area (Å²) in [5.41, 5.74) is 4.23. The summed E-state index contributed by atoms with van der Waals surface area (Å²) in [6.45, 7) is 2.43. The lowest BCUT2D eigenvalue weighted by molar-refractivity contribution is 0.239. The first-order chi connectivity index (χ1) is 15.2. The highest BCUT2D eigenvalue weighted by Gasteiger charge is 2.20. The van der Waals surface area contributed by atoms with Crippen LogP contribution in [0.25, 0.3) is 11.4 Å². The SMILES string of the molecule is Clc1ccc(Oc2ncccc2CN2CCc3nc(-c4cccnc4)ncc3C2)cc1. The maximum Gasteiger partial charge on any atom is 0.223 e. The van der Waals surface area contributed by atoms with Crippen LogP contribution in [0.3, 0.4) is 0 Å². The van der Waals surface area contributed by atoms with Crippen molar-refractivity contribution in [3.8, 4) is 23.0 Å². The average molecular weight is 430 g/mol. The van der Waals surface area contributed by atoms with E-state index >= 15 is 0 Å². The summed E-state index contributed by atoms with van der Waals surface area (Å²) in [5, 5.41) is 0.675. The molecule has 0 aliphatic carbocycles. The van der Waals surface area contributed by atoms with Crippen LogP contribution in [-0.4, -0.2) is 31.4 Å². The Bertz CT molecular complexity index is 1180. The van der Waals surface area contributed by atoms with Gasteiger partial charge >= 0.3 is 0 Å². The van der Waals surface area contributed by atoms with Crippen molar-refractivity contribution in [3.63, 3.8) is 0 Å². The van der Waals surface area contributed by atoms with Crippen molar-refractivity contribution in [2.75, 3.05) is 6.54 Å². The Morgan fingerprint density at radius 1 is 0.968 bits per heavy atom. The van der Waals surface area contributed by atoms with E-state index in [-0.39, 0.29) is 0 Å². The van der Waals surface area contributed by atoms with Crippen molar-refractivity contribution in [3.05, 3.63) is 95.2 Å². The van der Waals surface area contributed by atoms with E-state index in [1.807, 2.05) is 36.5 Å². The third-order valence-electron chi connectivity index (χ3n) is 5.20. The molecule has 0 radical (unpaired) electrons. The second-order valence-corrected chi connectivity index (χ2v) is 7.83. The number of benzene rings is 1. The number of hydrogen-bond acceptors (Lipinski definition) is 6. The van der Waals surface area contributed by atoms with Gasteiger partial charge in [0.15, 0.2) is 5.82 Å². The number of nitrogens with zero attached hydrogens (tertiary/aromatic N) is 5. The van der Waals surface area contributed by atoms with Crippen molar-refractivity contribution in [1.29, 1.82) is 0 Å².